The molecule has 2 aliphatic carbocycles. The van der Waals surface area contributed by atoms with Crippen LogP contribution in [-0.4, -0.2) is 36.8 Å². The molecule has 96 valence electrons. The molecule has 0 bridgehead atoms. The molecule has 1 aliphatic heterocycles. The Hall–Kier alpha value is -0.680. The number of aliphatic hydroxyl groups excluding tert-OH is 2. The zero-order chi connectivity index (χ0) is 11.6. The van der Waals surface area contributed by atoms with E-state index in [9.17, 15) is 10.2 Å². The molecule has 0 aromatic carbocycles. The number of nitrogens with zero attached hydrogens (tertiary/aromatic N) is 3. The van der Waals surface area contributed by atoms with E-state index in [1.165, 1.54) is 25.7 Å². The summed E-state index contributed by atoms with van der Waals surface area (Å²) in [4.78, 5) is 6.86. The van der Waals surface area contributed by atoms with Crippen molar-refractivity contribution in [1.29, 1.82) is 0 Å². The quantitative estimate of drug-likeness (QED) is 0.774. The maximum atomic E-state index is 10.1. The summed E-state index contributed by atoms with van der Waals surface area (Å²) in [6.07, 6.45) is 6.97. The van der Waals surface area contributed by atoms with E-state index in [-0.39, 0.29) is 18.2 Å². The summed E-state index contributed by atoms with van der Waals surface area (Å²) < 4.78 is 0. The van der Waals surface area contributed by atoms with Crippen LogP contribution in [0, 0.1) is 0 Å². The molecule has 2 N–H and O–H groups in total. The average molecular weight is 239 g/mol. The van der Waals surface area contributed by atoms with E-state index in [2.05, 4.69) is 14.4 Å². The summed E-state index contributed by atoms with van der Waals surface area (Å²) in [5.41, 5.74) is 0. The second-order valence-electron chi connectivity index (χ2n) is 5.98. The van der Waals surface area contributed by atoms with Gasteiger partial charge in [0.1, 0.15) is 0 Å². The lowest BCUT2D eigenvalue weighted by atomic mass is 9.89. The largest absolute Gasteiger partial charge is 0.393 e. The summed E-state index contributed by atoms with van der Waals surface area (Å²) in [6.45, 7) is 0. The van der Waals surface area contributed by atoms with E-state index in [1.807, 2.05) is 0 Å². The van der Waals surface area contributed by atoms with Crippen LogP contribution in [0.3, 0.4) is 0 Å². The standard InChI is InChI=1S/C12H21N3O2/c16-8-5-6-12(17)11(7-8)15-13-9-3-1-2-4-10(9)14(13)15/h8-12,16-17H,1-7H2. The molecular weight excluding hydrogens is 218 g/mol. The third-order valence-corrected chi connectivity index (χ3v) is 4.94. The zero-order valence-electron chi connectivity index (χ0n) is 10.1. The topological polar surface area (TPSA) is 55.2 Å². The SMILES string of the molecule is OC1CCC(O)C(n2n3n2C2CCCCC23)C1. The first-order valence-corrected chi connectivity index (χ1v) is 7.01. The molecule has 5 unspecified atom stereocenters. The van der Waals surface area contributed by atoms with Gasteiger partial charge in [0.25, 0.3) is 0 Å². The van der Waals surface area contributed by atoms with Crippen LogP contribution in [0.2, 0.25) is 0 Å². The normalized spacial score (nSPS) is 45.2. The van der Waals surface area contributed by atoms with Crippen molar-refractivity contribution in [3.8, 4) is 0 Å². The summed E-state index contributed by atoms with van der Waals surface area (Å²) in [5, 5.41) is 19.8. The maximum Gasteiger partial charge on any atom is 0.0991 e. The highest BCUT2D eigenvalue weighted by Gasteiger charge is 2.51. The first-order chi connectivity index (χ1) is 8.27. The summed E-state index contributed by atoms with van der Waals surface area (Å²) in [5.74, 6) is 0. The molecular formula is C12H21N3O2. The number of rotatable bonds is 1. The van der Waals surface area contributed by atoms with Crippen LogP contribution in [-0.2, 0) is 0 Å². The lowest BCUT2D eigenvalue weighted by Gasteiger charge is -2.32. The summed E-state index contributed by atoms with van der Waals surface area (Å²) >= 11 is 0. The Morgan fingerprint density at radius 2 is 1.29 bits per heavy atom. The van der Waals surface area contributed by atoms with E-state index in [0.29, 0.717) is 18.5 Å². The molecule has 2 saturated carbocycles. The van der Waals surface area contributed by atoms with Crippen LogP contribution in [0.15, 0.2) is 0 Å². The highest BCUT2D eigenvalue weighted by molar-refractivity contribution is 4.98. The number of hydrogen-bond acceptors (Lipinski definition) is 2. The van der Waals surface area contributed by atoms with Crippen molar-refractivity contribution in [3.05, 3.63) is 0 Å². The van der Waals surface area contributed by atoms with Crippen molar-refractivity contribution in [2.45, 2.75) is 75.3 Å². The van der Waals surface area contributed by atoms with E-state index < -0.39 is 0 Å². The number of aromatic nitrogens is 3. The van der Waals surface area contributed by atoms with Crippen molar-refractivity contribution in [2.24, 2.45) is 0 Å². The first-order valence-electron chi connectivity index (χ1n) is 7.01. The molecule has 17 heavy (non-hydrogen) atoms. The van der Waals surface area contributed by atoms with Gasteiger partial charge in [-0.25, -0.2) is 0 Å². The van der Waals surface area contributed by atoms with Gasteiger partial charge in [-0.1, -0.05) is 12.8 Å². The first kappa shape index (κ1) is 10.3. The molecule has 1 aromatic rings. The van der Waals surface area contributed by atoms with E-state index in [4.69, 9.17) is 0 Å². The highest BCUT2D eigenvalue weighted by atomic mass is 16.3. The van der Waals surface area contributed by atoms with Gasteiger partial charge in [0, 0.05) is 0 Å². The monoisotopic (exact) mass is 239 g/mol. The fourth-order valence-electron chi connectivity index (χ4n) is 3.99. The van der Waals surface area contributed by atoms with Crippen molar-refractivity contribution >= 4 is 0 Å². The van der Waals surface area contributed by atoms with Gasteiger partial charge >= 0.3 is 0 Å². The molecule has 2 fully saturated rings. The summed E-state index contributed by atoms with van der Waals surface area (Å²) in [7, 11) is 0. The average Bonchev–Trinajstić information content (AvgIpc) is 2.98. The smallest absolute Gasteiger partial charge is 0.0991 e. The molecule has 0 radical (unpaired) electrons. The lowest BCUT2D eigenvalue weighted by Crippen LogP contribution is -2.32. The van der Waals surface area contributed by atoms with Gasteiger partial charge in [-0.3, -0.25) is 0 Å². The van der Waals surface area contributed by atoms with Gasteiger partial charge in [0.15, 0.2) is 0 Å². The van der Waals surface area contributed by atoms with Crippen molar-refractivity contribution in [1.82, 2.24) is 14.4 Å². The van der Waals surface area contributed by atoms with Gasteiger partial charge in [-0.15, -0.1) is 0 Å². The van der Waals surface area contributed by atoms with Crippen molar-refractivity contribution in [2.75, 3.05) is 0 Å². The van der Waals surface area contributed by atoms with Crippen LogP contribution < -0.4 is 0 Å². The molecule has 4 rings (SSSR count). The highest BCUT2D eigenvalue weighted by Crippen LogP contribution is 2.50. The van der Waals surface area contributed by atoms with Crippen LogP contribution in [0.4, 0.5) is 0 Å². The van der Waals surface area contributed by atoms with Gasteiger partial charge in [0.2, 0.25) is 0 Å². The molecule has 5 atom stereocenters. The van der Waals surface area contributed by atoms with Gasteiger partial charge < -0.3 is 10.2 Å². The number of hydrogen-bond donors (Lipinski definition) is 2. The molecule has 0 saturated heterocycles. The Morgan fingerprint density at radius 3 is 1.94 bits per heavy atom. The molecule has 5 heteroatoms. The predicted molar refractivity (Wildman–Crippen MR) is 61.9 cm³/mol. The second-order valence-corrected chi connectivity index (χ2v) is 5.98. The Labute approximate surface area is 101 Å². The van der Waals surface area contributed by atoms with E-state index >= 15 is 0 Å². The molecule has 0 spiro atoms. The van der Waals surface area contributed by atoms with Gasteiger partial charge in [-0.2, -0.15) is 14.4 Å². The third kappa shape index (κ3) is 1.32. The number of aliphatic hydroxyl groups is 2. The fraction of sp³-hybridized carbons (Fsp3) is 1.00. The fourth-order valence-corrected chi connectivity index (χ4v) is 3.99. The van der Waals surface area contributed by atoms with Crippen LogP contribution in [0.5, 0.6) is 0 Å². The second kappa shape index (κ2) is 3.42. The van der Waals surface area contributed by atoms with E-state index in [0.717, 1.165) is 12.8 Å². The molecule has 0 amide bonds. The van der Waals surface area contributed by atoms with Gasteiger partial charge in [0.05, 0.1) is 30.3 Å². The van der Waals surface area contributed by atoms with E-state index in [1.54, 1.807) is 0 Å². The molecule has 2 heterocycles. The minimum atomic E-state index is -0.272. The Kier molecular flexibility index (Phi) is 2.06. The molecule has 3 aliphatic rings. The predicted octanol–water partition coefficient (Wildman–Crippen LogP) is 1.21. The maximum absolute atomic E-state index is 10.1. The molecule has 5 nitrogen and oxygen atoms in total. The van der Waals surface area contributed by atoms with Crippen molar-refractivity contribution < 1.29 is 10.2 Å². The minimum absolute atomic E-state index is 0.115. The van der Waals surface area contributed by atoms with Crippen molar-refractivity contribution in [3.63, 3.8) is 0 Å². The lowest BCUT2D eigenvalue weighted by molar-refractivity contribution is 0.00995. The Morgan fingerprint density at radius 1 is 0.706 bits per heavy atom. The van der Waals surface area contributed by atoms with Crippen LogP contribution in [0.25, 0.3) is 0 Å². The Balaban J connectivity index is 1.56. The zero-order valence-corrected chi connectivity index (χ0v) is 10.1. The Bertz CT molecular complexity index is 394. The van der Waals surface area contributed by atoms with Gasteiger partial charge in [-0.05, 0) is 32.1 Å². The summed E-state index contributed by atoms with van der Waals surface area (Å²) in [6, 6.07) is 1.49. The van der Waals surface area contributed by atoms with Crippen LogP contribution >= 0.6 is 0 Å². The van der Waals surface area contributed by atoms with Crippen LogP contribution in [0.1, 0.15) is 63.1 Å². The molecule has 1 aromatic heterocycles. The third-order valence-electron chi connectivity index (χ3n) is 4.94. The minimum Gasteiger partial charge on any atom is -0.393 e. The number of fused-ring (bicyclic) bond motifs is 4.